The molecule has 1 unspecified atom stereocenters. The number of hydrogen-bond donors (Lipinski definition) is 1. The van der Waals surface area contributed by atoms with Crippen LogP contribution in [0, 0.1) is 18.3 Å². The highest BCUT2D eigenvalue weighted by Crippen LogP contribution is 2.47. The molecule has 0 amide bonds. The molecule has 1 atom stereocenters. The summed E-state index contributed by atoms with van der Waals surface area (Å²) in [5.41, 5.74) is 2.81. The molecule has 1 fully saturated rings. The molecule has 114 valence electrons. The van der Waals surface area contributed by atoms with Crippen LogP contribution in [0.1, 0.15) is 51.9 Å². The van der Waals surface area contributed by atoms with E-state index in [1.54, 1.807) is 0 Å². The van der Waals surface area contributed by atoms with Gasteiger partial charge in [0.15, 0.2) is 0 Å². The van der Waals surface area contributed by atoms with Crippen molar-refractivity contribution < 1.29 is 0 Å². The zero-order valence-electron chi connectivity index (χ0n) is 13.5. The van der Waals surface area contributed by atoms with Gasteiger partial charge in [0.2, 0.25) is 0 Å². The minimum atomic E-state index is 0.339. The number of hydrogen-bond acceptors (Lipinski definition) is 2. The van der Waals surface area contributed by atoms with Crippen molar-refractivity contribution in [2.75, 3.05) is 6.54 Å². The molecule has 1 aromatic rings. The molecule has 2 rings (SSSR count). The Balaban J connectivity index is 2.19. The first kappa shape index (κ1) is 16.0. The van der Waals surface area contributed by atoms with E-state index < -0.39 is 0 Å². The van der Waals surface area contributed by atoms with Gasteiger partial charge in [0, 0.05) is 19.1 Å². The number of aromatic nitrogens is 2. The predicted molar refractivity (Wildman–Crippen MR) is 88.0 cm³/mol. The van der Waals surface area contributed by atoms with E-state index in [0.29, 0.717) is 11.5 Å². The van der Waals surface area contributed by atoms with Crippen molar-refractivity contribution in [3.63, 3.8) is 0 Å². The topological polar surface area (TPSA) is 29.9 Å². The number of nitrogens with one attached hydrogen (secondary N) is 1. The van der Waals surface area contributed by atoms with Gasteiger partial charge in [-0.2, -0.15) is 5.10 Å². The summed E-state index contributed by atoms with van der Waals surface area (Å²) in [4.78, 5) is 0. The lowest BCUT2D eigenvalue weighted by molar-refractivity contribution is 0.242. The summed E-state index contributed by atoms with van der Waals surface area (Å²) in [6, 6.07) is 0.550. The Morgan fingerprint density at radius 3 is 2.60 bits per heavy atom. The lowest BCUT2D eigenvalue weighted by Crippen LogP contribution is -2.39. The Kier molecular flexibility index (Phi) is 4.96. The molecule has 0 aromatic carbocycles. The first-order valence-electron chi connectivity index (χ1n) is 7.82. The third kappa shape index (κ3) is 3.45. The van der Waals surface area contributed by atoms with Gasteiger partial charge in [-0.05, 0) is 60.4 Å². The second kappa shape index (κ2) is 6.18. The Hall–Kier alpha value is -0.350. The smallest absolute Gasteiger partial charge is 0.0738 e. The zero-order valence-corrected chi connectivity index (χ0v) is 15.0. The molecule has 20 heavy (non-hydrogen) atoms. The van der Waals surface area contributed by atoms with Crippen molar-refractivity contribution in [2.45, 2.75) is 66.5 Å². The van der Waals surface area contributed by atoms with Crippen LogP contribution in [0.2, 0.25) is 0 Å². The van der Waals surface area contributed by atoms with Gasteiger partial charge in [-0.15, -0.1) is 0 Å². The molecular formula is C16H28BrN3. The van der Waals surface area contributed by atoms with Crippen LogP contribution in [-0.2, 0) is 13.0 Å². The lowest BCUT2D eigenvalue weighted by atomic mass is 9.80. The largest absolute Gasteiger partial charge is 0.314 e. The van der Waals surface area contributed by atoms with Crippen LogP contribution in [-0.4, -0.2) is 22.4 Å². The van der Waals surface area contributed by atoms with E-state index in [1.807, 2.05) is 0 Å². The maximum atomic E-state index is 4.64. The van der Waals surface area contributed by atoms with E-state index in [4.69, 9.17) is 0 Å². The summed E-state index contributed by atoms with van der Waals surface area (Å²) >= 11 is 3.74. The second-order valence-corrected chi connectivity index (χ2v) is 7.60. The Morgan fingerprint density at radius 2 is 2.10 bits per heavy atom. The summed E-state index contributed by atoms with van der Waals surface area (Å²) in [7, 11) is 0. The molecule has 1 aliphatic rings. The summed E-state index contributed by atoms with van der Waals surface area (Å²) in [6.45, 7) is 13.2. The standard InChI is InChI=1S/C16H28BrN3/c1-6-20-14(15(17)12(4)19-20)9-16(5,13-7-8-13)10-18-11(2)3/h11,13,18H,6-10H2,1-5H3. The monoisotopic (exact) mass is 341 g/mol. The van der Waals surface area contributed by atoms with Crippen LogP contribution in [0.4, 0.5) is 0 Å². The molecule has 0 radical (unpaired) electrons. The molecule has 0 spiro atoms. The molecule has 1 saturated carbocycles. The van der Waals surface area contributed by atoms with Gasteiger partial charge in [0.1, 0.15) is 0 Å². The quantitative estimate of drug-likeness (QED) is 0.814. The van der Waals surface area contributed by atoms with Crippen molar-refractivity contribution in [3.8, 4) is 0 Å². The van der Waals surface area contributed by atoms with Gasteiger partial charge >= 0.3 is 0 Å². The average molecular weight is 342 g/mol. The number of aryl methyl sites for hydroxylation is 2. The minimum absolute atomic E-state index is 0.339. The van der Waals surface area contributed by atoms with E-state index in [0.717, 1.165) is 31.1 Å². The predicted octanol–water partition coefficient (Wildman–Crippen LogP) is 3.93. The van der Waals surface area contributed by atoms with Crippen LogP contribution in [0.5, 0.6) is 0 Å². The van der Waals surface area contributed by atoms with Crippen LogP contribution >= 0.6 is 15.9 Å². The van der Waals surface area contributed by atoms with Gasteiger partial charge < -0.3 is 5.32 Å². The van der Waals surface area contributed by atoms with Crippen molar-refractivity contribution >= 4 is 15.9 Å². The molecule has 0 aliphatic heterocycles. The van der Waals surface area contributed by atoms with Crippen LogP contribution in [0.3, 0.4) is 0 Å². The molecule has 1 heterocycles. The summed E-state index contributed by atoms with van der Waals surface area (Å²) in [6.07, 6.45) is 3.87. The number of rotatable bonds is 7. The van der Waals surface area contributed by atoms with Crippen LogP contribution < -0.4 is 5.32 Å². The van der Waals surface area contributed by atoms with E-state index in [-0.39, 0.29) is 0 Å². The fraction of sp³-hybridized carbons (Fsp3) is 0.812. The second-order valence-electron chi connectivity index (χ2n) is 6.80. The normalized spacial score (nSPS) is 18.6. The van der Waals surface area contributed by atoms with E-state index in [2.05, 4.69) is 65.6 Å². The highest BCUT2D eigenvalue weighted by atomic mass is 79.9. The number of halogens is 1. The Labute approximate surface area is 131 Å². The fourth-order valence-corrected chi connectivity index (χ4v) is 3.41. The van der Waals surface area contributed by atoms with Crippen molar-refractivity contribution in [1.82, 2.24) is 15.1 Å². The summed E-state index contributed by atoms with van der Waals surface area (Å²) < 4.78 is 3.37. The number of nitrogens with zero attached hydrogens (tertiary/aromatic N) is 2. The Morgan fingerprint density at radius 1 is 1.45 bits per heavy atom. The molecule has 0 bridgehead atoms. The third-order valence-corrected chi connectivity index (χ3v) is 5.53. The minimum Gasteiger partial charge on any atom is -0.314 e. The molecule has 1 aliphatic carbocycles. The van der Waals surface area contributed by atoms with Crippen LogP contribution in [0.15, 0.2) is 4.47 Å². The molecule has 1 aromatic heterocycles. The fourth-order valence-electron chi connectivity index (χ4n) is 2.99. The molecule has 3 nitrogen and oxygen atoms in total. The Bertz CT molecular complexity index is 463. The van der Waals surface area contributed by atoms with E-state index in [9.17, 15) is 0 Å². The molecule has 1 N–H and O–H groups in total. The van der Waals surface area contributed by atoms with E-state index in [1.165, 1.54) is 23.0 Å². The first-order chi connectivity index (χ1) is 9.37. The third-order valence-electron chi connectivity index (χ3n) is 4.50. The van der Waals surface area contributed by atoms with Crippen molar-refractivity contribution in [3.05, 3.63) is 15.9 Å². The molecule has 0 saturated heterocycles. The SMILES string of the molecule is CCn1nc(C)c(Br)c1CC(C)(CNC(C)C)C1CC1. The van der Waals surface area contributed by atoms with Gasteiger partial charge in [-0.1, -0.05) is 20.8 Å². The average Bonchev–Trinajstić information content (AvgIpc) is 3.20. The summed E-state index contributed by atoms with van der Waals surface area (Å²) in [5, 5.41) is 8.28. The highest BCUT2D eigenvalue weighted by Gasteiger charge is 2.42. The van der Waals surface area contributed by atoms with Gasteiger partial charge in [0.05, 0.1) is 15.9 Å². The van der Waals surface area contributed by atoms with Crippen LogP contribution in [0.25, 0.3) is 0 Å². The molecular weight excluding hydrogens is 314 g/mol. The van der Waals surface area contributed by atoms with E-state index >= 15 is 0 Å². The summed E-state index contributed by atoms with van der Waals surface area (Å²) in [5.74, 6) is 0.862. The lowest BCUT2D eigenvalue weighted by Gasteiger charge is -2.31. The zero-order chi connectivity index (χ0) is 14.9. The van der Waals surface area contributed by atoms with Gasteiger partial charge in [-0.25, -0.2) is 0 Å². The molecule has 4 heteroatoms. The highest BCUT2D eigenvalue weighted by molar-refractivity contribution is 9.10. The van der Waals surface area contributed by atoms with Gasteiger partial charge in [-0.3, -0.25) is 4.68 Å². The first-order valence-corrected chi connectivity index (χ1v) is 8.62. The van der Waals surface area contributed by atoms with Crippen molar-refractivity contribution in [2.24, 2.45) is 11.3 Å². The van der Waals surface area contributed by atoms with Gasteiger partial charge in [0.25, 0.3) is 0 Å². The van der Waals surface area contributed by atoms with Crippen molar-refractivity contribution in [1.29, 1.82) is 0 Å². The maximum absolute atomic E-state index is 4.64. The maximum Gasteiger partial charge on any atom is 0.0738 e.